The van der Waals surface area contributed by atoms with Crippen molar-refractivity contribution >= 4 is 5.52 Å². The van der Waals surface area contributed by atoms with Crippen LogP contribution in [0.1, 0.15) is 50.9 Å². The smallest absolute Gasteiger partial charge is 0.0851 e. The standard InChI is InChI=1S/C12H17N3/c1-8(2)11-5-10-6-13-7-12(9(3)4)15(10)14-11/h5-9H,1-4H3. The van der Waals surface area contributed by atoms with Gasteiger partial charge < -0.3 is 0 Å². The fraction of sp³-hybridized carbons (Fsp3) is 0.500. The van der Waals surface area contributed by atoms with Crippen molar-refractivity contribution in [3.8, 4) is 0 Å². The van der Waals surface area contributed by atoms with E-state index in [-0.39, 0.29) is 0 Å². The molecule has 0 amide bonds. The highest BCUT2D eigenvalue weighted by molar-refractivity contribution is 5.47. The van der Waals surface area contributed by atoms with Gasteiger partial charge >= 0.3 is 0 Å². The summed E-state index contributed by atoms with van der Waals surface area (Å²) in [5.74, 6) is 0.908. The first-order chi connectivity index (χ1) is 7.09. The van der Waals surface area contributed by atoms with Crippen LogP contribution in [0, 0.1) is 0 Å². The van der Waals surface area contributed by atoms with Crippen molar-refractivity contribution in [3.63, 3.8) is 0 Å². The molecule has 0 saturated carbocycles. The van der Waals surface area contributed by atoms with Crippen LogP contribution in [0.3, 0.4) is 0 Å². The molecule has 0 N–H and O–H groups in total. The zero-order chi connectivity index (χ0) is 11.0. The number of fused-ring (bicyclic) bond motifs is 1. The Hall–Kier alpha value is -1.38. The first-order valence-electron chi connectivity index (χ1n) is 5.43. The van der Waals surface area contributed by atoms with Crippen molar-refractivity contribution in [2.45, 2.75) is 39.5 Å². The lowest BCUT2D eigenvalue weighted by Crippen LogP contribution is -2.02. The molecule has 0 aromatic carbocycles. The fourth-order valence-electron chi connectivity index (χ4n) is 1.63. The third-order valence-corrected chi connectivity index (χ3v) is 2.60. The Bertz CT molecular complexity index is 469. The molecular weight excluding hydrogens is 186 g/mol. The van der Waals surface area contributed by atoms with E-state index in [4.69, 9.17) is 0 Å². The Morgan fingerprint density at radius 3 is 2.40 bits per heavy atom. The average molecular weight is 203 g/mol. The van der Waals surface area contributed by atoms with Gasteiger partial charge in [0.15, 0.2) is 0 Å². The molecule has 80 valence electrons. The Labute approximate surface area is 90.1 Å². The summed E-state index contributed by atoms with van der Waals surface area (Å²) in [5.41, 5.74) is 3.38. The molecule has 0 aliphatic rings. The van der Waals surface area contributed by atoms with Crippen LogP contribution in [0.5, 0.6) is 0 Å². The predicted molar refractivity (Wildman–Crippen MR) is 61.2 cm³/mol. The number of hydrogen-bond acceptors (Lipinski definition) is 2. The van der Waals surface area contributed by atoms with Crippen LogP contribution < -0.4 is 0 Å². The number of nitrogens with zero attached hydrogens (tertiary/aromatic N) is 3. The average Bonchev–Trinajstić information content (AvgIpc) is 2.60. The molecule has 3 heteroatoms. The van der Waals surface area contributed by atoms with Gasteiger partial charge in [0.25, 0.3) is 0 Å². The summed E-state index contributed by atoms with van der Waals surface area (Å²) in [5, 5.41) is 4.61. The van der Waals surface area contributed by atoms with Gasteiger partial charge in [-0.1, -0.05) is 27.7 Å². The van der Waals surface area contributed by atoms with E-state index in [1.165, 1.54) is 5.69 Å². The third kappa shape index (κ3) is 1.74. The van der Waals surface area contributed by atoms with E-state index < -0.39 is 0 Å². The van der Waals surface area contributed by atoms with Crippen LogP contribution in [-0.2, 0) is 0 Å². The summed E-state index contributed by atoms with van der Waals surface area (Å²) in [6.07, 6.45) is 3.76. The number of rotatable bonds is 2. The summed E-state index contributed by atoms with van der Waals surface area (Å²) in [7, 11) is 0. The maximum atomic E-state index is 4.61. The highest BCUT2D eigenvalue weighted by atomic mass is 15.2. The van der Waals surface area contributed by atoms with Gasteiger partial charge in [-0.3, -0.25) is 4.98 Å². The largest absolute Gasteiger partial charge is 0.261 e. The monoisotopic (exact) mass is 203 g/mol. The minimum atomic E-state index is 0.445. The van der Waals surface area contributed by atoms with Crippen LogP contribution in [-0.4, -0.2) is 14.6 Å². The minimum Gasteiger partial charge on any atom is -0.261 e. The summed E-state index contributed by atoms with van der Waals surface area (Å²) >= 11 is 0. The van der Waals surface area contributed by atoms with E-state index in [1.807, 2.05) is 16.9 Å². The van der Waals surface area contributed by atoms with Gasteiger partial charge in [-0.15, -0.1) is 0 Å². The van der Waals surface area contributed by atoms with Gasteiger partial charge in [0, 0.05) is 6.20 Å². The summed E-state index contributed by atoms with van der Waals surface area (Å²) in [4.78, 5) is 4.25. The summed E-state index contributed by atoms with van der Waals surface area (Å²) in [6, 6.07) is 2.11. The Morgan fingerprint density at radius 1 is 1.07 bits per heavy atom. The maximum Gasteiger partial charge on any atom is 0.0851 e. The van der Waals surface area contributed by atoms with Gasteiger partial charge in [0.1, 0.15) is 0 Å². The topological polar surface area (TPSA) is 30.2 Å². The lowest BCUT2D eigenvalue weighted by molar-refractivity contribution is 0.719. The first kappa shape index (κ1) is 10.1. The summed E-state index contributed by atoms with van der Waals surface area (Å²) < 4.78 is 2.01. The second kappa shape index (κ2) is 3.65. The summed E-state index contributed by atoms with van der Waals surface area (Å²) in [6.45, 7) is 8.63. The van der Waals surface area contributed by atoms with Crippen molar-refractivity contribution in [1.82, 2.24) is 14.6 Å². The van der Waals surface area contributed by atoms with Gasteiger partial charge in [-0.05, 0) is 17.9 Å². The van der Waals surface area contributed by atoms with Gasteiger partial charge in [-0.25, -0.2) is 4.52 Å². The van der Waals surface area contributed by atoms with Crippen LogP contribution in [0.4, 0.5) is 0 Å². The number of hydrogen-bond donors (Lipinski definition) is 0. The quantitative estimate of drug-likeness (QED) is 0.751. The SMILES string of the molecule is CC(C)c1cc2cncc(C(C)C)n2n1. The molecule has 0 spiro atoms. The molecule has 0 atom stereocenters. The lowest BCUT2D eigenvalue weighted by atomic mass is 10.1. The molecule has 0 aliphatic heterocycles. The fourth-order valence-corrected chi connectivity index (χ4v) is 1.63. The van der Waals surface area contributed by atoms with Crippen molar-refractivity contribution < 1.29 is 0 Å². The third-order valence-electron chi connectivity index (χ3n) is 2.60. The van der Waals surface area contributed by atoms with Crippen molar-refractivity contribution in [3.05, 3.63) is 29.8 Å². The van der Waals surface area contributed by atoms with E-state index in [9.17, 15) is 0 Å². The normalized spacial score (nSPS) is 11.9. The van der Waals surface area contributed by atoms with Crippen molar-refractivity contribution in [1.29, 1.82) is 0 Å². The zero-order valence-corrected chi connectivity index (χ0v) is 9.73. The van der Waals surface area contributed by atoms with E-state index in [0.29, 0.717) is 11.8 Å². The molecular formula is C12H17N3. The zero-order valence-electron chi connectivity index (χ0n) is 9.73. The Kier molecular flexibility index (Phi) is 2.47. The van der Waals surface area contributed by atoms with E-state index in [2.05, 4.69) is 43.8 Å². The van der Waals surface area contributed by atoms with Crippen molar-refractivity contribution in [2.75, 3.05) is 0 Å². The maximum absolute atomic E-state index is 4.61. The molecule has 0 radical (unpaired) electrons. The van der Waals surface area contributed by atoms with E-state index in [1.54, 1.807) is 0 Å². The van der Waals surface area contributed by atoms with Crippen LogP contribution in [0.25, 0.3) is 5.52 Å². The molecule has 2 aromatic heterocycles. The second-order valence-electron chi connectivity index (χ2n) is 4.55. The van der Waals surface area contributed by atoms with Crippen molar-refractivity contribution in [2.24, 2.45) is 0 Å². The van der Waals surface area contributed by atoms with Gasteiger partial charge in [0.05, 0.1) is 23.1 Å². The predicted octanol–water partition coefficient (Wildman–Crippen LogP) is 2.98. The van der Waals surface area contributed by atoms with Gasteiger partial charge in [0.2, 0.25) is 0 Å². The van der Waals surface area contributed by atoms with Crippen LogP contribution >= 0.6 is 0 Å². The molecule has 0 fully saturated rings. The highest BCUT2D eigenvalue weighted by Crippen LogP contribution is 2.19. The Morgan fingerprint density at radius 2 is 1.80 bits per heavy atom. The lowest BCUT2D eigenvalue weighted by Gasteiger charge is -2.06. The highest BCUT2D eigenvalue weighted by Gasteiger charge is 2.10. The minimum absolute atomic E-state index is 0.445. The van der Waals surface area contributed by atoms with E-state index in [0.717, 1.165) is 11.2 Å². The molecule has 2 aromatic rings. The number of aromatic nitrogens is 3. The molecule has 2 rings (SSSR count). The molecule has 15 heavy (non-hydrogen) atoms. The molecule has 2 heterocycles. The molecule has 0 saturated heterocycles. The second-order valence-corrected chi connectivity index (χ2v) is 4.55. The molecule has 0 bridgehead atoms. The molecule has 0 unspecified atom stereocenters. The Balaban J connectivity index is 2.64. The van der Waals surface area contributed by atoms with Crippen LogP contribution in [0.15, 0.2) is 18.5 Å². The first-order valence-corrected chi connectivity index (χ1v) is 5.43. The van der Waals surface area contributed by atoms with E-state index >= 15 is 0 Å². The van der Waals surface area contributed by atoms with Gasteiger partial charge in [-0.2, -0.15) is 5.10 Å². The molecule has 0 aliphatic carbocycles. The molecule has 3 nitrogen and oxygen atoms in total. The van der Waals surface area contributed by atoms with Crippen LogP contribution in [0.2, 0.25) is 0 Å².